The molecule has 0 saturated carbocycles. The third-order valence-electron chi connectivity index (χ3n) is 3.18. The lowest BCUT2D eigenvalue weighted by Crippen LogP contribution is -2.13. The molecule has 0 aliphatic carbocycles. The first-order chi connectivity index (χ1) is 8.74. The van der Waals surface area contributed by atoms with Crippen LogP contribution in [-0.2, 0) is 0 Å². The van der Waals surface area contributed by atoms with Gasteiger partial charge < -0.3 is 0 Å². The fourth-order valence-electron chi connectivity index (χ4n) is 2.23. The van der Waals surface area contributed by atoms with Gasteiger partial charge in [-0.2, -0.15) is 5.10 Å². The Kier molecular flexibility index (Phi) is 2.88. The van der Waals surface area contributed by atoms with Crippen LogP contribution in [0.2, 0.25) is 0 Å². The molecule has 0 fully saturated rings. The van der Waals surface area contributed by atoms with Crippen molar-refractivity contribution in [2.24, 2.45) is 5.10 Å². The summed E-state index contributed by atoms with van der Waals surface area (Å²) in [7, 11) is 1.97. The van der Waals surface area contributed by atoms with E-state index in [2.05, 4.69) is 16.5 Å². The van der Waals surface area contributed by atoms with Crippen LogP contribution in [0.4, 0.5) is 4.39 Å². The summed E-state index contributed by atoms with van der Waals surface area (Å²) in [6, 6.07) is 11.0. The fourth-order valence-corrected chi connectivity index (χ4v) is 2.95. The lowest BCUT2D eigenvalue weighted by atomic mass is 10.0. The van der Waals surface area contributed by atoms with Crippen molar-refractivity contribution >= 4 is 17.0 Å². The second-order valence-electron chi connectivity index (χ2n) is 4.37. The van der Waals surface area contributed by atoms with Gasteiger partial charge in [0.2, 0.25) is 0 Å². The van der Waals surface area contributed by atoms with E-state index in [0.717, 1.165) is 17.7 Å². The fraction of sp³-hybridized carbons (Fsp3) is 0.214. The van der Waals surface area contributed by atoms with E-state index >= 15 is 0 Å². The van der Waals surface area contributed by atoms with Crippen molar-refractivity contribution in [1.82, 2.24) is 5.01 Å². The Morgan fingerprint density at radius 3 is 2.72 bits per heavy atom. The average Bonchev–Trinajstić information content (AvgIpc) is 2.99. The smallest absolute Gasteiger partial charge is 0.123 e. The zero-order valence-corrected chi connectivity index (χ0v) is 10.8. The number of rotatable bonds is 2. The van der Waals surface area contributed by atoms with E-state index in [-0.39, 0.29) is 11.9 Å². The van der Waals surface area contributed by atoms with Crippen LogP contribution in [0.3, 0.4) is 0 Å². The Bertz CT molecular complexity index is 560. The Morgan fingerprint density at radius 2 is 2.06 bits per heavy atom. The number of nitrogens with zero attached hydrogens (tertiary/aromatic N) is 2. The predicted octanol–water partition coefficient (Wildman–Crippen LogP) is 3.67. The molecular formula is C14H13FN2S. The largest absolute Gasteiger partial charge is 0.292 e. The molecule has 18 heavy (non-hydrogen) atoms. The molecule has 1 aromatic heterocycles. The van der Waals surface area contributed by atoms with Gasteiger partial charge in [0.15, 0.2) is 0 Å². The predicted molar refractivity (Wildman–Crippen MR) is 72.4 cm³/mol. The van der Waals surface area contributed by atoms with E-state index < -0.39 is 0 Å². The Labute approximate surface area is 109 Å². The number of thiophene rings is 1. The maximum Gasteiger partial charge on any atom is 0.123 e. The molecule has 0 radical (unpaired) electrons. The Hall–Kier alpha value is -1.68. The lowest BCUT2D eigenvalue weighted by molar-refractivity contribution is 0.289. The zero-order valence-electron chi connectivity index (χ0n) is 10.0. The number of hydrogen-bond acceptors (Lipinski definition) is 3. The molecule has 3 rings (SSSR count). The summed E-state index contributed by atoms with van der Waals surface area (Å²) in [5.74, 6) is -0.196. The highest BCUT2D eigenvalue weighted by Crippen LogP contribution is 2.32. The van der Waals surface area contributed by atoms with Gasteiger partial charge in [-0.1, -0.05) is 18.2 Å². The molecule has 4 heteroatoms. The van der Waals surface area contributed by atoms with Gasteiger partial charge in [-0.05, 0) is 29.1 Å². The monoisotopic (exact) mass is 260 g/mol. The van der Waals surface area contributed by atoms with Crippen LogP contribution >= 0.6 is 11.3 Å². The molecule has 1 atom stereocenters. The van der Waals surface area contributed by atoms with Crippen LogP contribution in [0.1, 0.15) is 22.9 Å². The minimum atomic E-state index is -0.196. The number of halogens is 1. The Morgan fingerprint density at radius 1 is 1.28 bits per heavy atom. The van der Waals surface area contributed by atoms with Gasteiger partial charge in [0, 0.05) is 13.5 Å². The normalized spacial score (nSPS) is 19.1. The maximum absolute atomic E-state index is 12.9. The number of benzene rings is 1. The number of hydrogen-bond donors (Lipinski definition) is 0. The molecule has 0 amide bonds. The van der Waals surface area contributed by atoms with Gasteiger partial charge in [-0.15, -0.1) is 11.3 Å². The third kappa shape index (κ3) is 2.04. The van der Waals surface area contributed by atoms with Gasteiger partial charge in [-0.25, -0.2) is 4.39 Å². The van der Waals surface area contributed by atoms with Crippen LogP contribution in [0, 0.1) is 5.82 Å². The lowest BCUT2D eigenvalue weighted by Gasteiger charge is -2.18. The first-order valence-electron chi connectivity index (χ1n) is 5.84. The quantitative estimate of drug-likeness (QED) is 0.804. The number of hydrazone groups is 1. The van der Waals surface area contributed by atoms with E-state index in [0.29, 0.717) is 0 Å². The van der Waals surface area contributed by atoms with E-state index in [1.165, 1.54) is 17.0 Å². The molecule has 1 aliphatic heterocycles. The highest BCUT2D eigenvalue weighted by molar-refractivity contribution is 7.12. The summed E-state index contributed by atoms with van der Waals surface area (Å²) in [4.78, 5) is 1.21. The molecule has 1 aliphatic rings. The summed E-state index contributed by atoms with van der Waals surface area (Å²) >= 11 is 1.70. The SMILES string of the molecule is CN1N=C(c2cccs2)C[C@H]1c1ccc(F)cc1. The molecule has 2 heterocycles. The molecule has 0 unspecified atom stereocenters. The minimum Gasteiger partial charge on any atom is -0.292 e. The first-order valence-corrected chi connectivity index (χ1v) is 6.71. The van der Waals surface area contributed by atoms with E-state index in [9.17, 15) is 4.39 Å². The zero-order chi connectivity index (χ0) is 12.5. The summed E-state index contributed by atoms with van der Waals surface area (Å²) in [5, 5.41) is 8.60. The highest BCUT2D eigenvalue weighted by Gasteiger charge is 2.26. The van der Waals surface area contributed by atoms with Crippen molar-refractivity contribution in [3.05, 3.63) is 58.0 Å². The molecule has 1 aromatic carbocycles. The van der Waals surface area contributed by atoms with Crippen molar-refractivity contribution in [2.75, 3.05) is 7.05 Å². The molecule has 92 valence electrons. The topological polar surface area (TPSA) is 15.6 Å². The third-order valence-corrected chi connectivity index (χ3v) is 4.10. The summed E-state index contributed by atoms with van der Waals surface area (Å²) < 4.78 is 12.9. The molecule has 0 saturated heterocycles. The van der Waals surface area contributed by atoms with Crippen LogP contribution in [0.5, 0.6) is 0 Å². The van der Waals surface area contributed by atoms with Crippen LogP contribution < -0.4 is 0 Å². The minimum absolute atomic E-state index is 0.196. The van der Waals surface area contributed by atoms with Crippen molar-refractivity contribution in [1.29, 1.82) is 0 Å². The van der Waals surface area contributed by atoms with Crippen molar-refractivity contribution in [2.45, 2.75) is 12.5 Å². The average molecular weight is 260 g/mol. The molecule has 0 spiro atoms. The molecular weight excluding hydrogens is 247 g/mol. The maximum atomic E-state index is 12.9. The second kappa shape index (κ2) is 4.53. The van der Waals surface area contributed by atoms with Crippen LogP contribution in [-0.4, -0.2) is 17.8 Å². The van der Waals surface area contributed by atoms with Crippen LogP contribution in [0.25, 0.3) is 0 Å². The summed E-state index contributed by atoms with van der Waals surface area (Å²) in [6.45, 7) is 0. The molecule has 0 N–H and O–H groups in total. The van der Waals surface area contributed by atoms with Crippen molar-refractivity contribution in [3.8, 4) is 0 Å². The van der Waals surface area contributed by atoms with E-state index in [1.54, 1.807) is 11.3 Å². The van der Waals surface area contributed by atoms with Gasteiger partial charge in [-0.3, -0.25) is 5.01 Å². The van der Waals surface area contributed by atoms with Gasteiger partial charge >= 0.3 is 0 Å². The second-order valence-corrected chi connectivity index (χ2v) is 5.32. The van der Waals surface area contributed by atoms with E-state index in [1.807, 2.05) is 30.3 Å². The highest BCUT2D eigenvalue weighted by atomic mass is 32.1. The Balaban J connectivity index is 1.84. The summed E-state index contributed by atoms with van der Waals surface area (Å²) in [6.07, 6.45) is 0.878. The standard InChI is InChI=1S/C14H13FN2S/c1-17-13(10-4-6-11(15)7-5-10)9-12(16-17)14-3-2-8-18-14/h2-8,13H,9H2,1H3/t13-/m0/s1. The molecule has 0 bridgehead atoms. The molecule has 2 nitrogen and oxygen atoms in total. The van der Waals surface area contributed by atoms with Crippen molar-refractivity contribution in [3.63, 3.8) is 0 Å². The van der Waals surface area contributed by atoms with E-state index in [4.69, 9.17) is 0 Å². The van der Waals surface area contributed by atoms with Gasteiger partial charge in [0.05, 0.1) is 16.6 Å². The molecule has 2 aromatic rings. The van der Waals surface area contributed by atoms with Crippen molar-refractivity contribution < 1.29 is 4.39 Å². The van der Waals surface area contributed by atoms with Crippen LogP contribution in [0.15, 0.2) is 46.9 Å². The first kappa shape index (κ1) is 11.4. The van der Waals surface area contributed by atoms with Gasteiger partial charge in [0.25, 0.3) is 0 Å². The van der Waals surface area contributed by atoms with Gasteiger partial charge in [0.1, 0.15) is 5.82 Å². The summed E-state index contributed by atoms with van der Waals surface area (Å²) in [5.41, 5.74) is 2.22.